The summed E-state index contributed by atoms with van der Waals surface area (Å²) in [5.41, 5.74) is 1.05. The number of fused-ring (bicyclic) bond motifs is 1. The van der Waals surface area contributed by atoms with Crippen molar-refractivity contribution in [1.29, 1.82) is 0 Å². The number of halogens is 2. The number of carbonyl (C=O) groups excluding carboxylic acids is 1. The van der Waals surface area contributed by atoms with Crippen molar-refractivity contribution in [1.82, 2.24) is 4.98 Å². The largest absolute Gasteiger partial charge is 0.284 e. The standard InChI is InChI=1S/C18H16F2N2OS/c1-2-6-16(23)22(11-12-7-4-3-5-8-12)18-21-17-14(20)9-13(19)10-15(17)24-18/h3-5,7-10H,2,6,11H2,1H3. The minimum Gasteiger partial charge on any atom is -0.284 e. The first-order valence-electron chi connectivity index (χ1n) is 7.68. The van der Waals surface area contributed by atoms with E-state index in [4.69, 9.17) is 0 Å². The summed E-state index contributed by atoms with van der Waals surface area (Å²) in [5, 5.41) is 0.386. The Bertz CT molecular complexity index is 864. The molecule has 2 aromatic carbocycles. The summed E-state index contributed by atoms with van der Waals surface area (Å²) in [6.45, 7) is 2.27. The predicted octanol–water partition coefficient (Wildman–Crippen LogP) is 4.91. The third-order valence-electron chi connectivity index (χ3n) is 3.58. The van der Waals surface area contributed by atoms with E-state index >= 15 is 0 Å². The highest BCUT2D eigenvalue weighted by atomic mass is 32.1. The van der Waals surface area contributed by atoms with Crippen LogP contribution in [0.5, 0.6) is 0 Å². The van der Waals surface area contributed by atoms with Crippen LogP contribution in [0, 0.1) is 11.6 Å². The number of rotatable bonds is 5. The zero-order chi connectivity index (χ0) is 17.1. The minimum absolute atomic E-state index is 0.0821. The maximum atomic E-state index is 13.9. The van der Waals surface area contributed by atoms with Gasteiger partial charge in [0.25, 0.3) is 0 Å². The molecule has 0 spiro atoms. The van der Waals surface area contributed by atoms with Gasteiger partial charge in [0, 0.05) is 12.5 Å². The van der Waals surface area contributed by atoms with Crippen LogP contribution in [0.3, 0.4) is 0 Å². The van der Waals surface area contributed by atoms with Crippen molar-refractivity contribution in [2.75, 3.05) is 4.90 Å². The van der Waals surface area contributed by atoms with Gasteiger partial charge in [0.1, 0.15) is 11.3 Å². The highest BCUT2D eigenvalue weighted by molar-refractivity contribution is 7.22. The molecule has 0 fully saturated rings. The molecule has 0 radical (unpaired) electrons. The van der Waals surface area contributed by atoms with Crippen LogP contribution in [0.2, 0.25) is 0 Å². The fraction of sp³-hybridized carbons (Fsp3) is 0.222. The van der Waals surface area contributed by atoms with E-state index < -0.39 is 11.6 Å². The van der Waals surface area contributed by atoms with Crippen molar-refractivity contribution in [3.63, 3.8) is 0 Å². The number of carbonyl (C=O) groups is 1. The molecule has 0 bridgehead atoms. The van der Waals surface area contributed by atoms with Gasteiger partial charge in [0.05, 0.1) is 11.2 Å². The summed E-state index contributed by atoms with van der Waals surface area (Å²) < 4.78 is 27.7. The first kappa shape index (κ1) is 16.5. The van der Waals surface area contributed by atoms with Crippen LogP contribution in [0.15, 0.2) is 42.5 Å². The van der Waals surface area contributed by atoms with Gasteiger partial charge in [-0.05, 0) is 18.1 Å². The second-order valence-corrected chi connectivity index (χ2v) is 6.46. The van der Waals surface area contributed by atoms with E-state index in [9.17, 15) is 13.6 Å². The van der Waals surface area contributed by atoms with Gasteiger partial charge in [-0.15, -0.1) is 0 Å². The van der Waals surface area contributed by atoms with Gasteiger partial charge in [0.15, 0.2) is 10.9 Å². The Morgan fingerprint density at radius 2 is 1.96 bits per heavy atom. The molecule has 1 heterocycles. The molecule has 6 heteroatoms. The maximum absolute atomic E-state index is 13.9. The summed E-state index contributed by atoms with van der Waals surface area (Å²) in [6, 6.07) is 11.6. The molecule has 3 rings (SSSR count). The summed E-state index contributed by atoms with van der Waals surface area (Å²) in [7, 11) is 0. The molecule has 1 amide bonds. The molecule has 0 aliphatic heterocycles. The quantitative estimate of drug-likeness (QED) is 0.658. The second kappa shape index (κ2) is 7.05. The molecule has 124 valence electrons. The Hall–Kier alpha value is -2.34. The Kier molecular flexibility index (Phi) is 4.85. The Morgan fingerprint density at radius 1 is 1.21 bits per heavy atom. The van der Waals surface area contributed by atoms with E-state index in [1.165, 1.54) is 6.07 Å². The zero-order valence-corrected chi connectivity index (χ0v) is 13.9. The van der Waals surface area contributed by atoms with Gasteiger partial charge in [-0.3, -0.25) is 9.69 Å². The number of hydrogen-bond donors (Lipinski definition) is 0. The highest BCUT2D eigenvalue weighted by Gasteiger charge is 2.21. The fourth-order valence-corrected chi connectivity index (χ4v) is 3.46. The van der Waals surface area contributed by atoms with Crippen molar-refractivity contribution in [2.45, 2.75) is 26.3 Å². The molecule has 0 saturated carbocycles. The molecule has 0 aliphatic carbocycles. The van der Waals surface area contributed by atoms with Crippen LogP contribution < -0.4 is 4.90 Å². The van der Waals surface area contributed by atoms with E-state index in [0.29, 0.717) is 29.2 Å². The van der Waals surface area contributed by atoms with Crippen LogP contribution >= 0.6 is 11.3 Å². The summed E-state index contributed by atoms with van der Waals surface area (Å²) in [6.07, 6.45) is 1.08. The number of aromatic nitrogens is 1. The highest BCUT2D eigenvalue weighted by Crippen LogP contribution is 2.32. The number of amides is 1. The lowest BCUT2D eigenvalue weighted by Crippen LogP contribution is -2.29. The first-order valence-corrected chi connectivity index (χ1v) is 8.50. The zero-order valence-electron chi connectivity index (χ0n) is 13.1. The van der Waals surface area contributed by atoms with E-state index in [1.54, 1.807) is 4.90 Å². The molecule has 3 aromatic rings. The van der Waals surface area contributed by atoms with Crippen LogP contribution in [0.4, 0.5) is 13.9 Å². The van der Waals surface area contributed by atoms with Crippen molar-refractivity contribution in [3.05, 3.63) is 59.7 Å². The van der Waals surface area contributed by atoms with Gasteiger partial charge < -0.3 is 0 Å². The predicted molar refractivity (Wildman–Crippen MR) is 92.1 cm³/mol. The molecule has 24 heavy (non-hydrogen) atoms. The van der Waals surface area contributed by atoms with Crippen LogP contribution in [-0.4, -0.2) is 10.9 Å². The molecule has 1 aromatic heterocycles. The number of hydrogen-bond acceptors (Lipinski definition) is 3. The third kappa shape index (κ3) is 3.43. The summed E-state index contributed by atoms with van der Waals surface area (Å²) in [5.74, 6) is -1.44. The lowest BCUT2D eigenvalue weighted by atomic mass is 10.2. The topological polar surface area (TPSA) is 33.2 Å². The summed E-state index contributed by atoms with van der Waals surface area (Å²) >= 11 is 1.12. The molecule has 0 aliphatic rings. The molecule has 0 atom stereocenters. The Labute approximate surface area is 142 Å². The van der Waals surface area contributed by atoms with Gasteiger partial charge in [0.2, 0.25) is 5.91 Å². The smallest absolute Gasteiger partial charge is 0.229 e. The first-order chi connectivity index (χ1) is 11.6. The van der Waals surface area contributed by atoms with Gasteiger partial charge >= 0.3 is 0 Å². The van der Waals surface area contributed by atoms with Crippen molar-refractivity contribution in [3.8, 4) is 0 Å². The van der Waals surface area contributed by atoms with Crippen LogP contribution in [-0.2, 0) is 11.3 Å². The second-order valence-electron chi connectivity index (χ2n) is 5.45. The molecule has 0 unspecified atom stereocenters. The third-order valence-corrected chi connectivity index (χ3v) is 4.61. The molecular weight excluding hydrogens is 330 g/mol. The van der Waals surface area contributed by atoms with Gasteiger partial charge in [-0.25, -0.2) is 13.8 Å². The van der Waals surface area contributed by atoms with Crippen molar-refractivity contribution >= 4 is 32.6 Å². The van der Waals surface area contributed by atoms with Gasteiger partial charge in [-0.2, -0.15) is 0 Å². The van der Waals surface area contributed by atoms with Crippen molar-refractivity contribution in [2.24, 2.45) is 0 Å². The minimum atomic E-state index is -0.713. The van der Waals surface area contributed by atoms with E-state index in [2.05, 4.69) is 4.98 Å². The number of nitrogens with zero attached hydrogens (tertiary/aromatic N) is 2. The van der Waals surface area contributed by atoms with E-state index in [-0.39, 0.29) is 11.4 Å². The molecular formula is C18H16F2N2OS. The number of benzene rings is 2. The normalized spacial score (nSPS) is 11.0. The molecule has 3 nitrogen and oxygen atoms in total. The average Bonchev–Trinajstić information content (AvgIpc) is 2.97. The molecule has 0 saturated heterocycles. The van der Waals surface area contributed by atoms with Crippen LogP contribution in [0.1, 0.15) is 25.3 Å². The Balaban J connectivity index is 2.01. The van der Waals surface area contributed by atoms with Crippen molar-refractivity contribution < 1.29 is 13.6 Å². The van der Waals surface area contributed by atoms with Gasteiger partial charge in [-0.1, -0.05) is 48.6 Å². The van der Waals surface area contributed by atoms with Crippen LogP contribution in [0.25, 0.3) is 10.2 Å². The Morgan fingerprint density at radius 3 is 2.67 bits per heavy atom. The summed E-state index contributed by atoms with van der Waals surface area (Å²) in [4.78, 5) is 18.3. The number of thiazole rings is 1. The fourth-order valence-electron chi connectivity index (χ4n) is 2.44. The van der Waals surface area contributed by atoms with E-state index in [0.717, 1.165) is 23.0 Å². The number of anilines is 1. The maximum Gasteiger partial charge on any atom is 0.229 e. The lowest BCUT2D eigenvalue weighted by Gasteiger charge is -2.19. The van der Waals surface area contributed by atoms with E-state index in [1.807, 2.05) is 37.3 Å². The SMILES string of the molecule is CCCC(=O)N(Cc1ccccc1)c1nc2c(F)cc(F)cc2s1. The average molecular weight is 346 g/mol. The lowest BCUT2D eigenvalue weighted by molar-refractivity contribution is -0.118. The molecule has 0 N–H and O–H groups in total. The monoisotopic (exact) mass is 346 g/mol.